The Morgan fingerprint density at radius 2 is 1.40 bits per heavy atom. The van der Waals surface area contributed by atoms with Gasteiger partial charge in [-0.1, -0.05) is 42.5 Å². The van der Waals surface area contributed by atoms with Crippen molar-refractivity contribution in [2.75, 3.05) is 6.61 Å². The van der Waals surface area contributed by atoms with Crippen molar-refractivity contribution >= 4 is 5.90 Å². The Bertz CT molecular complexity index is 1060. The molecule has 154 valence electrons. The summed E-state index contributed by atoms with van der Waals surface area (Å²) in [7, 11) is 0. The molecular weight excluding hydrogens is 405 g/mol. The number of nitrogens with zero attached hydrogens (tertiary/aromatic N) is 1. The largest absolute Gasteiger partial charge is 0.573 e. The first-order chi connectivity index (χ1) is 14.3. The molecule has 1 atom stereocenters. The number of alkyl halides is 3. The summed E-state index contributed by atoms with van der Waals surface area (Å²) in [6.45, 7) is 0.145. The van der Waals surface area contributed by atoms with Crippen molar-refractivity contribution < 1.29 is 31.4 Å². The molecule has 4 rings (SSSR count). The lowest BCUT2D eigenvalue weighted by atomic mass is 10.0. The first-order valence-corrected chi connectivity index (χ1v) is 8.91. The van der Waals surface area contributed by atoms with Gasteiger partial charge in [0.1, 0.15) is 35.6 Å². The van der Waals surface area contributed by atoms with E-state index in [1.54, 1.807) is 24.3 Å². The highest BCUT2D eigenvalue weighted by Gasteiger charge is 2.31. The van der Waals surface area contributed by atoms with Crippen LogP contribution in [0.25, 0.3) is 11.1 Å². The Morgan fingerprint density at radius 3 is 1.97 bits per heavy atom. The van der Waals surface area contributed by atoms with Crippen LogP contribution in [-0.2, 0) is 4.74 Å². The summed E-state index contributed by atoms with van der Waals surface area (Å²) < 4.78 is 73.9. The molecule has 0 saturated heterocycles. The number of ether oxygens (including phenoxy) is 2. The number of aliphatic imine (C=N–C) groups is 1. The summed E-state index contributed by atoms with van der Waals surface area (Å²) in [5, 5.41) is 0. The van der Waals surface area contributed by atoms with Crippen molar-refractivity contribution in [1.82, 2.24) is 0 Å². The average Bonchev–Trinajstić information content (AvgIpc) is 3.17. The van der Waals surface area contributed by atoms with E-state index in [0.29, 0.717) is 5.56 Å². The quantitative estimate of drug-likeness (QED) is 0.482. The number of benzene rings is 3. The van der Waals surface area contributed by atoms with Crippen molar-refractivity contribution in [1.29, 1.82) is 0 Å². The maximum absolute atomic E-state index is 13.9. The van der Waals surface area contributed by atoms with Gasteiger partial charge < -0.3 is 9.47 Å². The maximum atomic E-state index is 13.9. The molecule has 0 radical (unpaired) electrons. The molecule has 0 saturated carbocycles. The first-order valence-electron chi connectivity index (χ1n) is 8.91. The minimum Gasteiger partial charge on any atom is -0.475 e. The molecule has 0 amide bonds. The van der Waals surface area contributed by atoms with Gasteiger partial charge in [0.05, 0.1) is 0 Å². The monoisotopic (exact) mass is 419 g/mol. The molecule has 0 N–H and O–H groups in total. The Labute approximate surface area is 168 Å². The lowest BCUT2D eigenvalue weighted by Gasteiger charge is -2.10. The van der Waals surface area contributed by atoms with Crippen LogP contribution in [0.3, 0.4) is 0 Å². The molecule has 3 nitrogen and oxygen atoms in total. The summed E-state index contributed by atoms with van der Waals surface area (Å²) >= 11 is 0. The maximum Gasteiger partial charge on any atom is 0.573 e. The predicted molar refractivity (Wildman–Crippen MR) is 100 cm³/mol. The van der Waals surface area contributed by atoms with Gasteiger partial charge in [-0.15, -0.1) is 13.2 Å². The van der Waals surface area contributed by atoms with E-state index in [9.17, 15) is 22.0 Å². The average molecular weight is 419 g/mol. The van der Waals surface area contributed by atoms with E-state index in [1.165, 1.54) is 30.3 Å². The Balaban J connectivity index is 1.51. The number of rotatable bonds is 4. The fourth-order valence-corrected chi connectivity index (χ4v) is 3.13. The van der Waals surface area contributed by atoms with E-state index in [4.69, 9.17) is 4.74 Å². The highest BCUT2D eigenvalue weighted by molar-refractivity contribution is 5.95. The third-order valence-corrected chi connectivity index (χ3v) is 4.54. The molecule has 1 aliphatic heterocycles. The van der Waals surface area contributed by atoms with Crippen LogP contribution in [0, 0.1) is 11.6 Å². The van der Waals surface area contributed by atoms with E-state index < -0.39 is 24.0 Å². The number of hydrogen-bond acceptors (Lipinski definition) is 3. The van der Waals surface area contributed by atoms with Gasteiger partial charge >= 0.3 is 6.36 Å². The van der Waals surface area contributed by atoms with E-state index in [2.05, 4.69) is 9.73 Å². The fraction of sp³-hybridized carbons (Fsp3) is 0.136. The van der Waals surface area contributed by atoms with Gasteiger partial charge in [-0.2, -0.15) is 0 Å². The highest BCUT2D eigenvalue weighted by Crippen LogP contribution is 2.30. The zero-order valence-corrected chi connectivity index (χ0v) is 15.3. The topological polar surface area (TPSA) is 30.8 Å². The van der Waals surface area contributed by atoms with Crippen LogP contribution in [0.1, 0.15) is 17.2 Å². The molecule has 3 aromatic rings. The van der Waals surface area contributed by atoms with Crippen LogP contribution in [0.4, 0.5) is 22.0 Å². The second-order valence-corrected chi connectivity index (χ2v) is 6.55. The zero-order valence-electron chi connectivity index (χ0n) is 15.3. The summed E-state index contributed by atoms with van der Waals surface area (Å²) in [4.78, 5) is 4.29. The van der Waals surface area contributed by atoms with Gasteiger partial charge in [-0.05, 0) is 41.0 Å². The van der Waals surface area contributed by atoms with Crippen LogP contribution in [-0.4, -0.2) is 18.9 Å². The van der Waals surface area contributed by atoms with E-state index in [1.807, 2.05) is 0 Å². The molecule has 3 aromatic carbocycles. The third-order valence-electron chi connectivity index (χ3n) is 4.54. The highest BCUT2D eigenvalue weighted by atomic mass is 19.4. The lowest BCUT2D eigenvalue weighted by Crippen LogP contribution is -2.16. The molecule has 1 heterocycles. The van der Waals surface area contributed by atoms with Gasteiger partial charge in [0.2, 0.25) is 5.90 Å². The van der Waals surface area contributed by atoms with Crippen LogP contribution in [0.15, 0.2) is 71.7 Å². The minimum absolute atomic E-state index is 0.0834. The SMILES string of the molecule is Fc1cccc(F)c1C1=NC(c2ccc(-c3ccc(OC(F)(F)F)cc3)cc2)CO1. The third kappa shape index (κ3) is 4.27. The molecule has 0 bridgehead atoms. The normalized spacial score (nSPS) is 16.2. The zero-order chi connectivity index (χ0) is 21.3. The van der Waals surface area contributed by atoms with Crippen molar-refractivity contribution in [3.63, 3.8) is 0 Å². The molecule has 8 heteroatoms. The fourth-order valence-electron chi connectivity index (χ4n) is 3.13. The van der Waals surface area contributed by atoms with Gasteiger partial charge in [-0.25, -0.2) is 13.8 Å². The van der Waals surface area contributed by atoms with E-state index >= 15 is 0 Å². The number of halogens is 5. The second kappa shape index (κ2) is 7.78. The Morgan fingerprint density at radius 1 is 0.833 bits per heavy atom. The lowest BCUT2D eigenvalue weighted by molar-refractivity contribution is -0.274. The predicted octanol–water partition coefficient (Wildman–Crippen LogP) is 6.05. The molecular formula is C22H14F5NO2. The molecule has 0 aliphatic carbocycles. The smallest absolute Gasteiger partial charge is 0.475 e. The molecule has 0 aromatic heterocycles. The van der Waals surface area contributed by atoms with Crippen LogP contribution in [0.2, 0.25) is 0 Å². The summed E-state index contributed by atoms with van der Waals surface area (Å²) in [5.74, 6) is -1.88. The van der Waals surface area contributed by atoms with Gasteiger partial charge in [0.15, 0.2) is 0 Å². The summed E-state index contributed by atoms with van der Waals surface area (Å²) in [6.07, 6.45) is -4.74. The molecule has 0 spiro atoms. The molecule has 1 unspecified atom stereocenters. The van der Waals surface area contributed by atoms with Gasteiger partial charge in [0.25, 0.3) is 0 Å². The van der Waals surface area contributed by atoms with Crippen molar-refractivity contribution in [2.24, 2.45) is 4.99 Å². The second-order valence-electron chi connectivity index (χ2n) is 6.55. The van der Waals surface area contributed by atoms with Crippen molar-refractivity contribution in [3.05, 3.63) is 89.5 Å². The molecule has 0 fully saturated rings. The van der Waals surface area contributed by atoms with E-state index in [0.717, 1.165) is 23.3 Å². The Hall–Kier alpha value is -3.42. The van der Waals surface area contributed by atoms with Gasteiger partial charge in [0, 0.05) is 0 Å². The first kappa shape index (κ1) is 19.9. The molecule has 30 heavy (non-hydrogen) atoms. The molecule has 1 aliphatic rings. The summed E-state index contributed by atoms with van der Waals surface area (Å²) in [5.41, 5.74) is 1.97. The van der Waals surface area contributed by atoms with E-state index in [-0.39, 0.29) is 23.8 Å². The Kier molecular flexibility index (Phi) is 5.15. The van der Waals surface area contributed by atoms with Crippen LogP contribution < -0.4 is 4.74 Å². The van der Waals surface area contributed by atoms with Gasteiger partial charge in [-0.3, -0.25) is 0 Å². The minimum atomic E-state index is -4.74. The van der Waals surface area contributed by atoms with Crippen molar-refractivity contribution in [3.8, 4) is 16.9 Å². The summed E-state index contributed by atoms with van der Waals surface area (Å²) in [6, 6.07) is 15.8. The van der Waals surface area contributed by atoms with Crippen LogP contribution >= 0.6 is 0 Å². The standard InChI is InChI=1S/C22H14F5NO2/c23-17-2-1-3-18(24)20(17)21-28-19(12-29-21)15-6-4-13(5-7-15)14-8-10-16(11-9-14)30-22(25,26)27/h1-11,19H,12H2. The van der Waals surface area contributed by atoms with Crippen LogP contribution in [0.5, 0.6) is 5.75 Å². The number of hydrogen-bond donors (Lipinski definition) is 0. The van der Waals surface area contributed by atoms with Crippen molar-refractivity contribution in [2.45, 2.75) is 12.4 Å².